The van der Waals surface area contributed by atoms with Crippen LogP contribution in [0.5, 0.6) is 5.88 Å². The van der Waals surface area contributed by atoms with Crippen LogP contribution in [-0.4, -0.2) is 46.6 Å². The van der Waals surface area contributed by atoms with Crippen molar-refractivity contribution in [2.45, 2.75) is 50.1 Å². The summed E-state index contributed by atoms with van der Waals surface area (Å²) in [5.74, 6) is 1.23. The molecule has 5 rings (SSSR count). The number of ether oxygens (including phenoxy) is 1. The molecular formula is C26H26N8O3S. The maximum atomic E-state index is 13.5. The van der Waals surface area contributed by atoms with Gasteiger partial charge in [-0.2, -0.15) is 5.26 Å². The molecule has 0 saturated heterocycles. The molecule has 0 spiro atoms. The molecule has 1 atom stereocenters. The van der Waals surface area contributed by atoms with Crippen molar-refractivity contribution in [1.82, 2.24) is 29.5 Å². The van der Waals surface area contributed by atoms with Gasteiger partial charge in [-0.15, -0.1) is 0 Å². The summed E-state index contributed by atoms with van der Waals surface area (Å²) in [6, 6.07) is 8.77. The van der Waals surface area contributed by atoms with Gasteiger partial charge in [0.2, 0.25) is 5.88 Å². The first-order valence-electron chi connectivity index (χ1n) is 12.2. The third-order valence-electron chi connectivity index (χ3n) is 6.21. The van der Waals surface area contributed by atoms with Crippen LogP contribution in [0.2, 0.25) is 0 Å². The Labute approximate surface area is 221 Å². The molecule has 1 unspecified atom stereocenters. The minimum Gasteiger partial charge on any atom is -0.480 e. The third kappa shape index (κ3) is 4.97. The lowest BCUT2D eigenvalue weighted by Gasteiger charge is -2.16. The van der Waals surface area contributed by atoms with Gasteiger partial charge in [0, 0.05) is 23.4 Å². The minimum atomic E-state index is -1.36. The normalized spacial score (nSPS) is 13.9. The molecule has 12 heteroatoms. The zero-order chi connectivity index (χ0) is 26.8. The molecule has 1 aromatic carbocycles. The number of benzene rings is 1. The van der Waals surface area contributed by atoms with Crippen molar-refractivity contribution in [3.05, 3.63) is 58.4 Å². The number of nitriles is 1. The van der Waals surface area contributed by atoms with E-state index in [1.54, 1.807) is 30.0 Å². The molecule has 1 N–H and O–H groups in total. The van der Waals surface area contributed by atoms with Crippen molar-refractivity contribution in [2.24, 2.45) is 0 Å². The molecule has 3 aromatic heterocycles. The highest BCUT2D eigenvalue weighted by atomic mass is 32.2. The van der Waals surface area contributed by atoms with E-state index in [0.717, 1.165) is 24.1 Å². The van der Waals surface area contributed by atoms with Crippen LogP contribution in [0.15, 0.2) is 46.5 Å². The van der Waals surface area contributed by atoms with E-state index in [-0.39, 0.29) is 23.2 Å². The zero-order valence-corrected chi connectivity index (χ0v) is 22.0. The molecule has 1 fully saturated rings. The summed E-state index contributed by atoms with van der Waals surface area (Å²) in [4.78, 5) is 36.6. The summed E-state index contributed by atoms with van der Waals surface area (Å²) >= 11 is 0. The molecule has 0 aliphatic heterocycles. The van der Waals surface area contributed by atoms with Gasteiger partial charge in [-0.3, -0.25) is 13.6 Å². The zero-order valence-electron chi connectivity index (χ0n) is 21.2. The standard InChI is InChI=1S/C26H26N8O3S/c1-15(2)34-24-19(13-29-22(33-24)20-21(17-6-7-17)30-14-31-25(20)37-3)32-23(26(34)35)28-12-16-4-8-18(9-5-16)38(36)11-10-27/h4-5,8-9,13-15,17H,6-7,11-12H2,1-3H3,(H,28,32). The SMILES string of the molecule is COc1ncnc(C2CC2)c1-c1ncc2nc(NCc3ccc(S(=O)CC#N)cc3)c(=O)n(C(C)C)c2n1. The van der Waals surface area contributed by atoms with Crippen LogP contribution in [0.25, 0.3) is 22.6 Å². The van der Waals surface area contributed by atoms with Crippen LogP contribution in [0, 0.1) is 11.3 Å². The van der Waals surface area contributed by atoms with Crippen LogP contribution in [0.3, 0.4) is 0 Å². The van der Waals surface area contributed by atoms with Gasteiger partial charge >= 0.3 is 0 Å². The molecule has 38 heavy (non-hydrogen) atoms. The summed E-state index contributed by atoms with van der Waals surface area (Å²) in [6.45, 7) is 4.15. The number of hydrogen-bond acceptors (Lipinski definition) is 10. The number of nitrogens with one attached hydrogen (secondary N) is 1. The summed E-state index contributed by atoms with van der Waals surface area (Å²) in [7, 11) is 0.193. The molecule has 0 bridgehead atoms. The molecule has 1 aliphatic carbocycles. The Hall–Kier alpha value is -4.24. The summed E-state index contributed by atoms with van der Waals surface area (Å²) in [6.07, 6.45) is 5.16. The van der Waals surface area contributed by atoms with Gasteiger partial charge in [-0.1, -0.05) is 12.1 Å². The van der Waals surface area contributed by atoms with Gasteiger partial charge in [0.1, 0.15) is 23.2 Å². The fourth-order valence-electron chi connectivity index (χ4n) is 4.22. The molecule has 11 nitrogen and oxygen atoms in total. The Kier molecular flexibility index (Phi) is 7.11. The molecule has 1 aliphatic rings. The van der Waals surface area contributed by atoms with Crippen molar-refractivity contribution < 1.29 is 8.95 Å². The highest BCUT2D eigenvalue weighted by Gasteiger charge is 2.31. The Morgan fingerprint density at radius 2 is 1.95 bits per heavy atom. The van der Waals surface area contributed by atoms with E-state index in [1.807, 2.05) is 32.0 Å². The Bertz CT molecular complexity index is 1630. The van der Waals surface area contributed by atoms with Gasteiger partial charge in [-0.05, 0) is 44.4 Å². The van der Waals surface area contributed by atoms with E-state index < -0.39 is 10.8 Å². The maximum Gasteiger partial charge on any atom is 0.295 e. The van der Waals surface area contributed by atoms with Crippen LogP contribution in [0.1, 0.15) is 49.9 Å². The van der Waals surface area contributed by atoms with Crippen molar-refractivity contribution in [3.63, 3.8) is 0 Å². The monoisotopic (exact) mass is 530 g/mol. The summed E-state index contributed by atoms with van der Waals surface area (Å²) in [5, 5.41) is 11.9. The van der Waals surface area contributed by atoms with Gasteiger partial charge in [-0.25, -0.2) is 24.9 Å². The smallest absolute Gasteiger partial charge is 0.295 e. The van der Waals surface area contributed by atoms with E-state index >= 15 is 0 Å². The van der Waals surface area contributed by atoms with Crippen molar-refractivity contribution >= 4 is 27.8 Å². The van der Waals surface area contributed by atoms with Crippen LogP contribution in [-0.2, 0) is 17.3 Å². The van der Waals surface area contributed by atoms with E-state index in [0.29, 0.717) is 45.8 Å². The highest BCUT2D eigenvalue weighted by molar-refractivity contribution is 7.85. The summed E-state index contributed by atoms with van der Waals surface area (Å²) < 4.78 is 19.1. The van der Waals surface area contributed by atoms with E-state index in [1.165, 1.54) is 6.33 Å². The van der Waals surface area contributed by atoms with E-state index in [4.69, 9.17) is 15.0 Å². The van der Waals surface area contributed by atoms with Crippen LogP contribution in [0.4, 0.5) is 5.82 Å². The Morgan fingerprint density at radius 1 is 1.18 bits per heavy atom. The first-order chi connectivity index (χ1) is 18.4. The predicted octanol–water partition coefficient (Wildman–Crippen LogP) is 3.35. The first kappa shape index (κ1) is 25.4. The van der Waals surface area contributed by atoms with E-state index in [9.17, 15) is 9.00 Å². The number of nitrogens with zero attached hydrogens (tertiary/aromatic N) is 7. The maximum absolute atomic E-state index is 13.5. The van der Waals surface area contributed by atoms with Gasteiger partial charge < -0.3 is 10.1 Å². The predicted molar refractivity (Wildman–Crippen MR) is 142 cm³/mol. The van der Waals surface area contributed by atoms with Crippen LogP contribution >= 0.6 is 0 Å². The highest BCUT2D eigenvalue weighted by Crippen LogP contribution is 2.44. The number of anilines is 1. The number of methoxy groups -OCH3 is 1. The van der Waals surface area contributed by atoms with Crippen LogP contribution < -0.4 is 15.6 Å². The fraction of sp³-hybridized carbons (Fsp3) is 0.346. The molecule has 4 aromatic rings. The molecule has 0 amide bonds. The van der Waals surface area contributed by atoms with Crippen molar-refractivity contribution in [2.75, 3.05) is 18.2 Å². The molecule has 0 radical (unpaired) electrons. The second-order valence-electron chi connectivity index (χ2n) is 9.19. The Balaban J connectivity index is 1.50. The molecule has 1 saturated carbocycles. The topological polar surface area (TPSA) is 149 Å². The quantitative estimate of drug-likeness (QED) is 0.341. The number of fused-ring (bicyclic) bond motifs is 1. The average Bonchev–Trinajstić information content (AvgIpc) is 3.77. The summed E-state index contributed by atoms with van der Waals surface area (Å²) in [5.41, 5.74) is 2.94. The van der Waals surface area contributed by atoms with Crippen molar-refractivity contribution in [1.29, 1.82) is 5.26 Å². The van der Waals surface area contributed by atoms with Gasteiger partial charge in [0.15, 0.2) is 17.3 Å². The Morgan fingerprint density at radius 3 is 2.61 bits per heavy atom. The molecule has 194 valence electrons. The molecular weight excluding hydrogens is 504 g/mol. The average molecular weight is 531 g/mol. The number of hydrogen-bond donors (Lipinski definition) is 1. The largest absolute Gasteiger partial charge is 0.480 e. The number of aromatic nitrogens is 6. The van der Waals surface area contributed by atoms with Gasteiger partial charge in [0.05, 0.1) is 35.9 Å². The lowest BCUT2D eigenvalue weighted by atomic mass is 10.1. The van der Waals surface area contributed by atoms with Gasteiger partial charge in [0.25, 0.3) is 5.56 Å². The third-order valence-corrected chi connectivity index (χ3v) is 7.40. The minimum absolute atomic E-state index is 0.0525. The number of rotatable bonds is 9. The van der Waals surface area contributed by atoms with Crippen molar-refractivity contribution in [3.8, 4) is 23.3 Å². The first-order valence-corrected chi connectivity index (χ1v) is 13.5. The molecule has 3 heterocycles. The second kappa shape index (κ2) is 10.6. The fourth-order valence-corrected chi connectivity index (χ4v) is 4.94. The van der Waals surface area contributed by atoms with E-state index in [2.05, 4.69) is 25.3 Å². The lowest BCUT2D eigenvalue weighted by Crippen LogP contribution is -2.27. The lowest BCUT2D eigenvalue weighted by molar-refractivity contribution is 0.397. The second-order valence-corrected chi connectivity index (χ2v) is 10.6.